The first kappa shape index (κ1) is 17.0. The van der Waals surface area contributed by atoms with Crippen LogP contribution in [0.1, 0.15) is 46.0 Å². The van der Waals surface area contributed by atoms with E-state index >= 15 is 0 Å². The molecule has 0 spiro atoms. The molecular weight excluding hydrogens is 279 g/mol. The fourth-order valence-electron chi connectivity index (χ4n) is 4.71. The van der Waals surface area contributed by atoms with Crippen molar-refractivity contribution in [3.63, 3.8) is 0 Å². The van der Waals surface area contributed by atoms with E-state index in [1.807, 2.05) is 36.4 Å². The van der Waals surface area contributed by atoms with Gasteiger partial charge in [0.1, 0.15) is 0 Å². The van der Waals surface area contributed by atoms with Gasteiger partial charge in [-0.1, -0.05) is 43.3 Å². The molecule has 0 aliphatic heterocycles. The molecule has 0 saturated heterocycles. The third kappa shape index (κ3) is 3.88. The van der Waals surface area contributed by atoms with Gasteiger partial charge in [-0.25, -0.2) is 0 Å². The maximum absolute atomic E-state index is 13.3. The van der Waals surface area contributed by atoms with Gasteiger partial charge in [0.25, 0.3) is 0 Å². The van der Waals surface area contributed by atoms with Crippen LogP contribution in [-0.2, 0) is 4.79 Å². The summed E-state index contributed by atoms with van der Waals surface area (Å²) in [5.41, 5.74) is -1.04. The van der Waals surface area contributed by atoms with Crippen molar-refractivity contribution in [3.05, 3.63) is 36.4 Å². The Kier molecular flexibility index (Phi) is 5.25. The van der Waals surface area contributed by atoms with Gasteiger partial charge in [-0.05, 0) is 50.9 Å². The third-order valence-electron chi connectivity index (χ3n) is 5.21. The number of fused-ring (bicyclic) bond motifs is 2. The molecule has 2 bridgehead atoms. The molecule has 22 heavy (non-hydrogen) atoms. The number of hydrogen-bond acceptors (Lipinski definition) is 1. The largest absolute Gasteiger partial charge is 0.481 e. The molecule has 2 aliphatic rings. The van der Waals surface area contributed by atoms with Crippen LogP contribution in [0.15, 0.2) is 36.4 Å². The Labute approximate surface area is 132 Å². The van der Waals surface area contributed by atoms with Crippen LogP contribution in [0, 0.1) is 22.7 Å². The minimum absolute atomic E-state index is 0.340. The van der Waals surface area contributed by atoms with Gasteiger partial charge in [0.15, 0.2) is 0 Å². The molecule has 0 radical (unpaired) electrons. The number of benzene rings is 1. The highest BCUT2D eigenvalue weighted by atomic mass is 19.1. The van der Waals surface area contributed by atoms with Gasteiger partial charge < -0.3 is 5.11 Å². The Bertz CT molecular complexity index is 459. The van der Waals surface area contributed by atoms with Crippen LogP contribution < -0.4 is 0 Å². The van der Waals surface area contributed by atoms with Gasteiger partial charge in [0.05, 0.1) is 12.1 Å². The number of halogens is 1. The summed E-state index contributed by atoms with van der Waals surface area (Å²) in [6.07, 6.45) is 4.09. The maximum atomic E-state index is 13.3. The smallest absolute Gasteiger partial charge is 0.309 e. The Morgan fingerprint density at radius 3 is 2.14 bits per heavy atom. The monoisotopic (exact) mass is 306 g/mol. The first-order valence-corrected chi connectivity index (χ1v) is 8.18. The number of hydrogen-bond donors (Lipinski definition) is 1. The molecule has 0 heterocycles. The topological polar surface area (TPSA) is 37.3 Å². The molecule has 1 aromatic rings. The molecule has 2 fully saturated rings. The number of rotatable bonds is 2. The zero-order valence-electron chi connectivity index (χ0n) is 13.6. The van der Waals surface area contributed by atoms with E-state index in [4.69, 9.17) is 0 Å². The average Bonchev–Trinajstić information content (AvgIpc) is 2.48. The summed E-state index contributed by atoms with van der Waals surface area (Å²) in [6.45, 7) is 3.61. The van der Waals surface area contributed by atoms with Gasteiger partial charge >= 0.3 is 5.97 Å². The van der Waals surface area contributed by atoms with E-state index in [2.05, 4.69) is 6.92 Å². The quantitative estimate of drug-likeness (QED) is 0.839. The predicted octanol–water partition coefficient (Wildman–Crippen LogP) is 4.95. The fourth-order valence-corrected chi connectivity index (χ4v) is 4.71. The van der Waals surface area contributed by atoms with Crippen molar-refractivity contribution in [2.45, 2.75) is 46.0 Å². The molecule has 1 aromatic carbocycles. The molecule has 1 N–H and O–H groups in total. The van der Waals surface area contributed by atoms with E-state index < -0.39 is 11.4 Å². The second-order valence-corrected chi connectivity index (χ2v) is 7.65. The van der Waals surface area contributed by atoms with Crippen molar-refractivity contribution in [2.75, 3.05) is 6.67 Å². The summed E-state index contributed by atoms with van der Waals surface area (Å²) >= 11 is 0. The Morgan fingerprint density at radius 1 is 1.14 bits per heavy atom. The molecular formula is C19H27FO2. The van der Waals surface area contributed by atoms with E-state index in [9.17, 15) is 14.3 Å². The van der Waals surface area contributed by atoms with Gasteiger partial charge in [0.2, 0.25) is 0 Å². The van der Waals surface area contributed by atoms with Crippen molar-refractivity contribution >= 4 is 5.97 Å². The summed E-state index contributed by atoms with van der Waals surface area (Å²) < 4.78 is 13.3. The molecule has 4 unspecified atom stereocenters. The highest BCUT2D eigenvalue weighted by Crippen LogP contribution is 2.57. The van der Waals surface area contributed by atoms with Crippen LogP contribution in [0.4, 0.5) is 4.39 Å². The Balaban J connectivity index is 0.000000246. The fraction of sp³-hybridized carbons (Fsp3) is 0.632. The first-order valence-electron chi connectivity index (χ1n) is 8.18. The van der Waals surface area contributed by atoms with E-state index in [0.717, 1.165) is 25.7 Å². The standard InChI is InChI=1S/C13H21FO2.C6H6/c1-9-3-10-5-12(2,11(15)16)7-13(4-9,6-10)8-14;1-2-4-6-5-3-1/h9-10H,3-8H2,1-2H3,(H,15,16);1-6H. The van der Waals surface area contributed by atoms with Crippen molar-refractivity contribution in [3.8, 4) is 0 Å². The lowest BCUT2D eigenvalue weighted by Crippen LogP contribution is -2.48. The summed E-state index contributed by atoms with van der Waals surface area (Å²) in [6, 6.07) is 12.0. The van der Waals surface area contributed by atoms with Crippen molar-refractivity contribution in [2.24, 2.45) is 22.7 Å². The number of alkyl halides is 1. The van der Waals surface area contributed by atoms with Crippen LogP contribution in [-0.4, -0.2) is 17.8 Å². The van der Waals surface area contributed by atoms with Gasteiger partial charge in [0, 0.05) is 5.41 Å². The van der Waals surface area contributed by atoms with Crippen LogP contribution in [0.25, 0.3) is 0 Å². The summed E-state index contributed by atoms with van der Waals surface area (Å²) in [7, 11) is 0. The van der Waals surface area contributed by atoms with Crippen molar-refractivity contribution in [1.82, 2.24) is 0 Å². The second kappa shape index (κ2) is 6.80. The maximum Gasteiger partial charge on any atom is 0.309 e. The number of aliphatic carboxylic acids is 1. The van der Waals surface area contributed by atoms with E-state index in [1.54, 1.807) is 6.92 Å². The van der Waals surface area contributed by atoms with Crippen LogP contribution in [0.5, 0.6) is 0 Å². The van der Waals surface area contributed by atoms with Crippen LogP contribution in [0.2, 0.25) is 0 Å². The molecule has 4 atom stereocenters. The van der Waals surface area contributed by atoms with Gasteiger partial charge in [-0.3, -0.25) is 9.18 Å². The molecule has 2 saturated carbocycles. The van der Waals surface area contributed by atoms with Gasteiger partial charge in [-0.2, -0.15) is 0 Å². The first-order chi connectivity index (χ1) is 10.4. The molecule has 3 rings (SSSR count). The van der Waals surface area contributed by atoms with Crippen LogP contribution >= 0.6 is 0 Å². The zero-order chi connectivity index (χ0) is 16.2. The number of carboxylic acid groups (broad SMARTS) is 1. The Morgan fingerprint density at radius 2 is 1.68 bits per heavy atom. The SMILES string of the molecule is CC1CC2CC(CF)(C1)CC(C)(C(=O)O)C2.c1ccccc1. The average molecular weight is 306 g/mol. The normalized spacial score (nSPS) is 36.9. The van der Waals surface area contributed by atoms with E-state index in [-0.39, 0.29) is 12.1 Å². The minimum atomic E-state index is -0.746. The zero-order valence-corrected chi connectivity index (χ0v) is 13.6. The summed E-state index contributed by atoms with van der Waals surface area (Å²) in [4.78, 5) is 11.3. The summed E-state index contributed by atoms with van der Waals surface area (Å²) in [5.74, 6) is 0.215. The Hall–Kier alpha value is -1.38. The number of carbonyl (C=O) groups is 1. The highest BCUT2D eigenvalue weighted by Gasteiger charge is 2.52. The predicted molar refractivity (Wildman–Crippen MR) is 86.3 cm³/mol. The van der Waals surface area contributed by atoms with Crippen molar-refractivity contribution in [1.29, 1.82) is 0 Å². The third-order valence-corrected chi connectivity index (χ3v) is 5.21. The van der Waals surface area contributed by atoms with Gasteiger partial charge in [-0.15, -0.1) is 0 Å². The minimum Gasteiger partial charge on any atom is -0.481 e. The molecule has 0 amide bonds. The molecule has 2 nitrogen and oxygen atoms in total. The highest BCUT2D eigenvalue weighted by molar-refractivity contribution is 5.74. The second-order valence-electron chi connectivity index (χ2n) is 7.65. The molecule has 122 valence electrons. The lowest BCUT2D eigenvalue weighted by atomic mass is 9.53. The van der Waals surface area contributed by atoms with E-state index in [1.165, 1.54) is 0 Å². The number of carboxylic acids is 1. The summed E-state index contributed by atoms with van der Waals surface area (Å²) in [5, 5.41) is 9.31. The lowest BCUT2D eigenvalue weighted by Gasteiger charge is -2.51. The molecule has 2 aliphatic carbocycles. The molecule has 0 aromatic heterocycles. The van der Waals surface area contributed by atoms with Crippen LogP contribution in [0.3, 0.4) is 0 Å². The van der Waals surface area contributed by atoms with Crippen molar-refractivity contribution < 1.29 is 14.3 Å². The van der Waals surface area contributed by atoms with E-state index in [0.29, 0.717) is 18.3 Å². The molecule has 3 heteroatoms. The lowest BCUT2D eigenvalue weighted by molar-refractivity contribution is -0.158.